The van der Waals surface area contributed by atoms with Gasteiger partial charge >= 0.3 is 5.97 Å². The molecule has 0 amide bonds. The van der Waals surface area contributed by atoms with Crippen LogP contribution in [0.5, 0.6) is 0 Å². The summed E-state index contributed by atoms with van der Waals surface area (Å²) in [4.78, 5) is 13.0. The SMILES string of the molecule is Cc1cc(C)c(S(=O)(=O)Nc2ccc3oc(C)c(C(=O)OCc4ccccc4)c3c2)cc1C. The first kappa shape index (κ1) is 22.6. The molecule has 0 bridgehead atoms. The van der Waals surface area contributed by atoms with Crippen molar-refractivity contribution in [3.63, 3.8) is 0 Å². The number of benzene rings is 3. The molecule has 1 aromatic heterocycles. The lowest BCUT2D eigenvalue weighted by molar-refractivity contribution is 0.0473. The van der Waals surface area contributed by atoms with Crippen molar-refractivity contribution in [3.8, 4) is 0 Å². The second-order valence-corrected chi connectivity index (χ2v) is 9.76. The average molecular weight is 464 g/mol. The van der Waals surface area contributed by atoms with Gasteiger partial charge in [-0.1, -0.05) is 36.4 Å². The van der Waals surface area contributed by atoms with Crippen LogP contribution in [0.2, 0.25) is 0 Å². The van der Waals surface area contributed by atoms with E-state index in [0.717, 1.165) is 16.7 Å². The van der Waals surface area contributed by atoms with E-state index < -0.39 is 16.0 Å². The summed E-state index contributed by atoms with van der Waals surface area (Å²) in [6.07, 6.45) is 0. The van der Waals surface area contributed by atoms with Crippen LogP contribution in [0.25, 0.3) is 11.0 Å². The van der Waals surface area contributed by atoms with Gasteiger partial charge in [0.2, 0.25) is 0 Å². The number of esters is 1. The van der Waals surface area contributed by atoms with Crippen LogP contribution in [0.15, 0.2) is 70.0 Å². The number of ether oxygens (including phenoxy) is 1. The molecule has 0 atom stereocenters. The van der Waals surface area contributed by atoms with E-state index in [0.29, 0.717) is 28.0 Å². The number of rotatable bonds is 6. The summed E-state index contributed by atoms with van der Waals surface area (Å²) < 4.78 is 40.0. The number of hydrogen-bond donors (Lipinski definition) is 1. The minimum atomic E-state index is -3.82. The predicted molar refractivity (Wildman–Crippen MR) is 128 cm³/mol. The van der Waals surface area contributed by atoms with E-state index in [2.05, 4.69) is 4.72 Å². The zero-order chi connectivity index (χ0) is 23.8. The third-order valence-electron chi connectivity index (χ3n) is 5.61. The van der Waals surface area contributed by atoms with Crippen LogP contribution in [-0.4, -0.2) is 14.4 Å². The zero-order valence-corrected chi connectivity index (χ0v) is 19.7. The highest BCUT2D eigenvalue weighted by atomic mass is 32.2. The Labute approximate surface area is 193 Å². The van der Waals surface area contributed by atoms with Crippen molar-refractivity contribution >= 4 is 32.6 Å². The first-order valence-electron chi connectivity index (χ1n) is 10.5. The summed E-state index contributed by atoms with van der Waals surface area (Å²) in [6, 6.07) is 17.7. The summed E-state index contributed by atoms with van der Waals surface area (Å²) >= 11 is 0. The van der Waals surface area contributed by atoms with Crippen molar-refractivity contribution < 1.29 is 22.4 Å². The summed E-state index contributed by atoms with van der Waals surface area (Å²) in [7, 11) is -3.82. The molecule has 0 aliphatic heterocycles. The van der Waals surface area contributed by atoms with E-state index in [1.807, 2.05) is 50.2 Å². The minimum Gasteiger partial charge on any atom is -0.460 e. The molecular formula is C26H25NO5S. The van der Waals surface area contributed by atoms with Crippen LogP contribution >= 0.6 is 0 Å². The van der Waals surface area contributed by atoms with Crippen molar-refractivity contribution in [1.29, 1.82) is 0 Å². The van der Waals surface area contributed by atoms with Crippen molar-refractivity contribution in [3.05, 3.63) is 94.2 Å². The third-order valence-corrected chi connectivity index (χ3v) is 7.14. The quantitative estimate of drug-likeness (QED) is 0.364. The average Bonchev–Trinajstić information content (AvgIpc) is 3.10. The largest absolute Gasteiger partial charge is 0.460 e. The molecule has 0 spiro atoms. The van der Waals surface area contributed by atoms with Crippen LogP contribution in [0.1, 0.15) is 38.4 Å². The van der Waals surface area contributed by atoms with Crippen LogP contribution in [-0.2, 0) is 21.4 Å². The lowest BCUT2D eigenvalue weighted by Crippen LogP contribution is -2.15. The van der Waals surface area contributed by atoms with Crippen molar-refractivity contribution in [2.75, 3.05) is 4.72 Å². The number of furan rings is 1. The minimum absolute atomic E-state index is 0.129. The van der Waals surface area contributed by atoms with Gasteiger partial charge in [0.1, 0.15) is 23.5 Å². The van der Waals surface area contributed by atoms with Gasteiger partial charge in [0.05, 0.1) is 4.90 Å². The van der Waals surface area contributed by atoms with Crippen LogP contribution in [0.4, 0.5) is 5.69 Å². The normalized spacial score (nSPS) is 11.5. The second-order valence-electron chi connectivity index (χ2n) is 8.11. The smallest absolute Gasteiger partial charge is 0.342 e. The number of anilines is 1. The van der Waals surface area contributed by atoms with Crippen LogP contribution in [0, 0.1) is 27.7 Å². The summed E-state index contributed by atoms with van der Waals surface area (Å²) in [5, 5.41) is 0.488. The first-order chi connectivity index (χ1) is 15.7. The molecule has 0 saturated heterocycles. The van der Waals surface area contributed by atoms with Gasteiger partial charge in [0.15, 0.2) is 0 Å². The fourth-order valence-electron chi connectivity index (χ4n) is 3.77. The Morgan fingerprint density at radius 1 is 0.909 bits per heavy atom. The van der Waals surface area contributed by atoms with Crippen molar-refractivity contribution in [1.82, 2.24) is 0 Å². The molecule has 0 saturated carbocycles. The monoisotopic (exact) mass is 463 g/mol. The molecule has 7 heteroatoms. The number of fused-ring (bicyclic) bond motifs is 1. The Kier molecular flexibility index (Phi) is 5.99. The van der Waals surface area contributed by atoms with Gasteiger partial charge in [-0.15, -0.1) is 0 Å². The fourth-order valence-corrected chi connectivity index (χ4v) is 5.13. The lowest BCUT2D eigenvalue weighted by atomic mass is 10.1. The van der Waals surface area contributed by atoms with E-state index in [1.165, 1.54) is 0 Å². The molecule has 0 aliphatic rings. The third kappa shape index (κ3) is 4.64. The number of carbonyl (C=O) groups is 1. The standard InChI is InChI=1S/C26H25NO5S/c1-16-12-18(3)24(13-17(16)2)33(29,30)27-21-10-11-23-22(14-21)25(19(4)32-23)26(28)31-15-20-8-6-5-7-9-20/h5-14,27H,15H2,1-4H3. The van der Waals surface area contributed by atoms with Gasteiger partial charge in [-0.05, 0) is 74.2 Å². The van der Waals surface area contributed by atoms with Gasteiger partial charge in [0, 0.05) is 11.1 Å². The number of carbonyl (C=O) groups excluding carboxylic acids is 1. The summed E-state index contributed by atoms with van der Waals surface area (Å²) in [6.45, 7) is 7.40. The van der Waals surface area contributed by atoms with Gasteiger partial charge in [-0.25, -0.2) is 13.2 Å². The molecule has 1 N–H and O–H groups in total. The zero-order valence-electron chi connectivity index (χ0n) is 18.9. The number of aryl methyl sites for hydroxylation is 4. The van der Waals surface area contributed by atoms with E-state index >= 15 is 0 Å². The molecule has 0 fully saturated rings. The molecule has 0 unspecified atom stereocenters. The van der Waals surface area contributed by atoms with E-state index in [1.54, 1.807) is 38.1 Å². The molecule has 3 aromatic carbocycles. The Hall–Kier alpha value is -3.58. The molecule has 0 aliphatic carbocycles. The number of sulfonamides is 1. The Bertz CT molecular complexity index is 1450. The maximum absolute atomic E-state index is 13.1. The predicted octanol–water partition coefficient (Wildman–Crippen LogP) is 5.82. The lowest BCUT2D eigenvalue weighted by Gasteiger charge is -2.13. The molecule has 6 nitrogen and oxygen atoms in total. The molecule has 1 heterocycles. The Balaban J connectivity index is 1.64. The molecule has 33 heavy (non-hydrogen) atoms. The maximum Gasteiger partial charge on any atom is 0.342 e. The molecule has 0 radical (unpaired) electrons. The van der Waals surface area contributed by atoms with Gasteiger partial charge in [-0.2, -0.15) is 0 Å². The first-order valence-corrected chi connectivity index (χ1v) is 12.0. The van der Waals surface area contributed by atoms with Gasteiger partial charge < -0.3 is 9.15 Å². The van der Waals surface area contributed by atoms with Crippen molar-refractivity contribution in [2.45, 2.75) is 39.2 Å². The molecule has 4 aromatic rings. The highest BCUT2D eigenvalue weighted by Crippen LogP contribution is 2.30. The van der Waals surface area contributed by atoms with E-state index in [4.69, 9.17) is 9.15 Å². The number of nitrogens with one attached hydrogen (secondary N) is 1. The number of hydrogen-bond acceptors (Lipinski definition) is 5. The maximum atomic E-state index is 13.1. The topological polar surface area (TPSA) is 85.6 Å². The molecular weight excluding hydrogens is 438 g/mol. The Morgan fingerprint density at radius 2 is 1.61 bits per heavy atom. The highest BCUT2D eigenvalue weighted by Gasteiger charge is 2.22. The van der Waals surface area contributed by atoms with Crippen LogP contribution in [0.3, 0.4) is 0 Å². The van der Waals surface area contributed by atoms with Gasteiger partial charge in [-0.3, -0.25) is 4.72 Å². The van der Waals surface area contributed by atoms with E-state index in [9.17, 15) is 13.2 Å². The van der Waals surface area contributed by atoms with Crippen molar-refractivity contribution in [2.24, 2.45) is 0 Å². The van der Waals surface area contributed by atoms with E-state index in [-0.39, 0.29) is 17.1 Å². The summed E-state index contributed by atoms with van der Waals surface area (Å²) in [5.74, 6) is -0.117. The fraction of sp³-hybridized carbons (Fsp3) is 0.192. The Morgan fingerprint density at radius 3 is 2.33 bits per heavy atom. The molecule has 4 rings (SSSR count). The summed E-state index contributed by atoms with van der Waals surface area (Å²) in [5.41, 5.74) is 4.54. The van der Waals surface area contributed by atoms with Crippen LogP contribution < -0.4 is 4.72 Å². The van der Waals surface area contributed by atoms with Gasteiger partial charge in [0.25, 0.3) is 10.0 Å². The highest BCUT2D eigenvalue weighted by molar-refractivity contribution is 7.92. The second kappa shape index (κ2) is 8.75. The molecule has 170 valence electrons.